The Hall–Kier alpha value is -2.08. The van der Waals surface area contributed by atoms with Crippen LogP contribution in [0.4, 0.5) is 0 Å². The number of aryl methyl sites for hydroxylation is 1. The molecule has 1 aliphatic rings. The predicted molar refractivity (Wildman–Crippen MR) is 84.7 cm³/mol. The van der Waals surface area contributed by atoms with Gasteiger partial charge in [-0.2, -0.15) is 0 Å². The van der Waals surface area contributed by atoms with E-state index in [-0.39, 0.29) is 17.6 Å². The largest absolute Gasteiger partial charge is 0.478 e. The fourth-order valence-corrected chi connectivity index (χ4v) is 2.98. The van der Waals surface area contributed by atoms with Gasteiger partial charge in [0.15, 0.2) is 5.69 Å². The summed E-state index contributed by atoms with van der Waals surface area (Å²) in [4.78, 5) is 18.9. The van der Waals surface area contributed by atoms with Crippen molar-refractivity contribution in [3.63, 3.8) is 0 Å². The van der Waals surface area contributed by atoms with Gasteiger partial charge in [-0.25, -0.2) is 4.98 Å². The van der Waals surface area contributed by atoms with Crippen LogP contribution in [-0.2, 0) is 0 Å². The van der Waals surface area contributed by atoms with E-state index in [9.17, 15) is 4.79 Å². The van der Waals surface area contributed by atoms with Gasteiger partial charge in [0.1, 0.15) is 11.5 Å². The number of carbonyl (C=O) groups excluding carboxylic acids is 1. The van der Waals surface area contributed by atoms with Crippen molar-refractivity contribution in [3.05, 3.63) is 40.4 Å². The molecule has 0 saturated carbocycles. The lowest BCUT2D eigenvalue weighted by Crippen LogP contribution is -2.31. The fraction of sp³-hybridized carbons (Fsp3) is 0.438. The number of ether oxygens (including phenoxy) is 1. The number of pyridine rings is 1. The van der Waals surface area contributed by atoms with Gasteiger partial charge in [-0.05, 0) is 32.8 Å². The van der Waals surface area contributed by atoms with Crippen molar-refractivity contribution in [2.75, 3.05) is 13.2 Å². The molecule has 0 aliphatic carbocycles. The van der Waals surface area contributed by atoms with Gasteiger partial charge in [-0.15, -0.1) is 0 Å². The van der Waals surface area contributed by atoms with E-state index in [1.165, 1.54) is 0 Å². The summed E-state index contributed by atoms with van der Waals surface area (Å²) in [7, 11) is 0. The lowest BCUT2D eigenvalue weighted by molar-refractivity contribution is 0.0724. The molecule has 0 bridgehead atoms. The van der Waals surface area contributed by atoms with Crippen LogP contribution in [0.2, 0.25) is 5.02 Å². The molecule has 0 radical (unpaired) electrons. The van der Waals surface area contributed by atoms with Crippen molar-refractivity contribution in [1.82, 2.24) is 15.0 Å². The first kappa shape index (κ1) is 15.8. The third-order valence-corrected chi connectivity index (χ3v) is 4.12. The van der Waals surface area contributed by atoms with Crippen LogP contribution >= 0.6 is 11.6 Å². The maximum Gasteiger partial charge on any atom is 0.274 e. The number of amides is 1. The highest BCUT2D eigenvalue weighted by molar-refractivity contribution is 6.33. The minimum atomic E-state index is -0.209. The van der Waals surface area contributed by atoms with Crippen LogP contribution in [0.3, 0.4) is 0 Å². The molecule has 7 heteroatoms. The SMILES string of the molecule is CCOc1ccc(Cl)c(C(=O)N2CCCC2c2cc(C)on2)n1. The molecule has 1 unspecified atom stereocenters. The molecule has 23 heavy (non-hydrogen) atoms. The molecule has 1 saturated heterocycles. The second kappa shape index (κ2) is 6.58. The Bertz CT molecular complexity index is 716. The molecule has 2 aromatic heterocycles. The summed E-state index contributed by atoms with van der Waals surface area (Å²) in [5, 5.41) is 4.37. The van der Waals surface area contributed by atoms with Gasteiger partial charge in [-0.1, -0.05) is 16.8 Å². The van der Waals surface area contributed by atoms with Gasteiger partial charge in [0.25, 0.3) is 5.91 Å². The number of rotatable bonds is 4. The molecule has 1 amide bonds. The molecule has 3 rings (SSSR count). The first-order valence-electron chi connectivity index (χ1n) is 7.63. The number of likely N-dealkylation sites (tertiary alicyclic amines) is 1. The van der Waals surface area contributed by atoms with E-state index in [4.69, 9.17) is 20.9 Å². The summed E-state index contributed by atoms with van der Waals surface area (Å²) in [6.07, 6.45) is 1.76. The molecule has 122 valence electrons. The quantitative estimate of drug-likeness (QED) is 0.856. The number of carbonyl (C=O) groups is 1. The van der Waals surface area contributed by atoms with Gasteiger partial charge in [0.2, 0.25) is 5.88 Å². The third-order valence-electron chi connectivity index (χ3n) is 3.82. The zero-order valence-electron chi connectivity index (χ0n) is 13.1. The summed E-state index contributed by atoms with van der Waals surface area (Å²) < 4.78 is 10.5. The van der Waals surface area contributed by atoms with Crippen LogP contribution in [0, 0.1) is 6.92 Å². The van der Waals surface area contributed by atoms with Crippen LogP contribution in [0.1, 0.15) is 47.7 Å². The highest BCUT2D eigenvalue weighted by atomic mass is 35.5. The summed E-state index contributed by atoms with van der Waals surface area (Å²) in [5.41, 5.74) is 0.982. The van der Waals surface area contributed by atoms with Crippen molar-refractivity contribution in [2.24, 2.45) is 0 Å². The third kappa shape index (κ3) is 3.17. The highest BCUT2D eigenvalue weighted by Gasteiger charge is 2.34. The summed E-state index contributed by atoms with van der Waals surface area (Å²) >= 11 is 6.17. The molecule has 0 N–H and O–H groups in total. The molecule has 0 aromatic carbocycles. The monoisotopic (exact) mass is 335 g/mol. The molecule has 6 nitrogen and oxygen atoms in total. The first-order valence-corrected chi connectivity index (χ1v) is 8.01. The Morgan fingerprint density at radius 1 is 1.52 bits per heavy atom. The zero-order chi connectivity index (χ0) is 16.4. The van der Waals surface area contributed by atoms with Gasteiger partial charge in [0, 0.05) is 18.7 Å². The van der Waals surface area contributed by atoms with Crippen LogP contribution in [-0.4, -0.2) is 34.1 Å². The Balaban J connectivity index is 1.88. The summed E-state index contributed by atoms with van der Waals surface area (Å²) in [6, 6.07) is 5.05. The van der Waals surface area contributed by atoms with Gasteiger partial charge < -0.3 is 14.2 Å². The molecular weight excluding hydrogens is 318 g/mol. The highest BCUT2D eigenvalue weighted by Crippen LogP contribution is 2.33. The van der Waals surface area contributed by atoms with Crippen LogP contribution < -0.4 is 4.74 Å². The molecule has 1 atom stereocenters. The molecule has 1 fully saturated rings. The number of aromatic nitrogens is 2. The summed E-state index contributed by atoms with van der Waals surface area (Å²) in [5.74, 6) is 0.918. The normalized spacial score (nSPS) is 17.5. The second-order valence-corrected chi connectivity index (χ2v) is 5.84. The topological polar surface area (TPSA) is 68.5 Å². The lowest BCUT2D eigenvalue weighted by atomic mass is 10.1. The smallest absolute Gasteiger partial charge is 0.274 e. The van der Waals surface area contributed by atoms with Gasteiger partial charge in [-0.3, -0.25) is 4.79 Å². The van der Waals surface area contributed by atoms with Crippen molar-refractivity contribution < 1.29 is 14.1 Å². The van der Waals surface area contributed by atoms with Crippen molar-refractivity contribution in [1.29, 1.82) is 0 Å². The maximum atomic E-state index is 12.9. The molecule has 3 heterocycles. The van der Waals surface area contributed by atoms with Crippen LogP contribution in [0.5, 0.6) is 5.88 Å². The Morgan fingerprint density at radius 2 is 2.35 bits per heavy atom. The standard InChI is InChI=1S/C16H18ClN3O3/c1-3-22-14-7-6-11(17)15(18-14)16(21)20-8-4-5-13(20)12-9-10(2)23-19-12/h6-7,9,13H,3-5,8H2,1-2H3. The van der Waals surface area contributed by atoms with Crippen molar-refractivity contribution in [2.45, 2.75) is 32.7 Å². The number of nitrogens with zero attached hydrogens (tertiary/aromatic N) is 3. The Kier molecular flexibility index (Phi) is 4.52. The Labute approximate surface area is 139 Å². The molecule has 2 aromatic rings. The van der Waals surface area contributed by atoms with Gasteiger partial charge in [0.05, 0.1) is 17.7 Å². The van der Waals surface area contributed by atoms with Gasteiger partial charge >= 0.3 is 0 Å². The molecule has 0 spiro atoms. The van der Waals surface area contributed by atoms with E-state index in [1.807, 2.05) is 19.9 Å². The van der Waals surface area contributed by atoms with E-state index >= 15 is 0 Å². The van der Waals surface area contributed by atoms with Crippen molar-refractivity contribution in [3.8, 4) is 5.88 Å². The molecular formula is C16H18ClN3O3. The van der Waals surface area contributed by atoms with E-state index in [2.05, 4.69) is 10.1 Å². The second-order valence-electron chi connectivity index (χ2n) is 5.43. The van der Waals surface area contributed by atoms with Crippen LogP contribution in [0.25, 0.3) is 0 Å². The van der Waals surface area contributed by atoms with Crippen LogP contribution in [0.15, 0.2) is 22.7 Å². The zero-order valence-corrected chi connectivity index (χ0v) is 13.8. The predicted octanol–water partition coefficient (Wildman–Crippen LogP) is 3.41. The molecule has 1 aliphatic heterocycles. The first-order chi connectivity index (χ1) is 11.1. The number of halogens is 1. The lowest BCUT2D eigenvalue weighted by Gasteiger charge is -2.23. The van der Waals surface area contributed by atoms with E-state index in [0.717, 1.165) is 24.3 Å². The average molecular weight is 336 g/mol. The Morgan fingerprint density at radius 3 is 3.04 bits per heavy atom. The number of hydrogen-bond donors (Lipinski definition) is 0. The van der Waals surface area contributed by atoms with E-state index in [0.29, 0.717) is 24.1 Å². The minimum absolute atomic E-state index is 0.103. The van der Waals surface area contributed by atoms with E-state index in [1.54, 1.807) is 17.0 Å². The van der Waals surface area contributed by atoms with Crippen molar-refractivity contribution >= 4 is 17.5 Å². The van der Waals surface area contributed by atoms with E-state index < -0.39 is 0 Å². The average Bonchev–Trinajstić information content (AvgIpc) is 3.17. The summed E-state index contributed by atoms with van der Waals surface area (Å²) in [6.45, 7) is 4.82. The maximum absolute atomic E-state index is 12.9. The minimum Gasteiger partial charge on any atom is -0.478 e. The number of hydrogen-bond acceptors (Lipinski definition) is 5. The fourth-order valence-electron chi connectivity index (χ4n) is 2.80.